The minimum absolute atomic E-state index is 0.0694. The first-order chi connectivity index (χ1) is 7.22. The zero-order valence-electron chi connectivity index (χ0n) is 9.32. The van der Waals surface area contributed by atoms with E-state index in [0.717, 1.165) is 12.7 Å². The van der Waals surface area contributed by atoms with Crippen LogP contribution in [0.2, 0.25) is 0 Å². The SMILES string of the molecule is CCC(C)Oc1c(C=O)cccc1OC. The lowest BCUT2D eigenvalue weighted by Gasteiger charge is -2.16. The molecule has 0 aliphatic heterocycles. The number of ether oxygens (including phenoxy) is 2. The first-order valence-corrected chi connectivity index (χ1v) is 5.01. The second kappa shape index (κ2) is 5.39. The van der Waals surface area contributed by atoms with Crippen LogP contribution in [0.4, 0.5) is 0 Å². The number of aldehydes is 1. The Morgan fingerprint density at radius 3 is 2.73 bits per heavy atom. The molecule has 1 aromatic carbocycles. The third kappa shape index (κ3) is 2.72. The van der Waals surface area contributed by atoms with Gasteiger partial charge in [0.05, 0.1) is 18.8 Å². The quantitative estimate of drug-likeness (QED) is 0.698. The van der Waals surface area contributed by atoms with Crippen LogP contribution in [0.15, 0.2) is 18.2 Å². The fourth-order valence-electron chi connectivity index (χ4n) is 1.20. The lowest BCUT2D eigenvalue weighted by atomic mass is 10.2. The molecular weight excluding hydrogens is 192 g/mol. The van der Waals surface area contributed by atoms with Gasteiger partial charge in [-0.05, 0) is 25.5 Å². The number of hydrogen-bond acceptors (Lipinski definition) is 3. The Morgan fingerprint density at radius 2 is 2.20 bits per heavy atom. The maximum Gasteiger partial charge on any atom is 0.172 e. The van der Waals surface area contributed by atoms with Crippen molar-refractivity contribution in [1.82, 2.24) is 0 Å². The number of hydrogen-bond donors (Lipinski definition) is 0. The summed E-state index contributed by atoms with van der Waals surface area (Å²) in [4.78, 5) is 10.8. The minimum Gasteiger partial charge on any atom is -0.493 e. The summed E-state index contributed by atoms with van der Waals surface area (Å²) < 4.78 is 10.8. The van der Waals surface area contributed by atoms with Gasteiger partial charge in [-0.1, -0.05) is 13.0 Å². The molecule has 1 rings (SSSR count). The van der Waals surface area contributed by atoms with Gasteiger partial charge in [-0.3, -0.25) is 4.79 Å². The number of carbonyl (C=O) groups is 1. The van der Waals surface area contributed by atoms with Crippen molar-refractivity contribution in [2.24, 2.45) is 0 Å². The molecule has 0 fully saturated rings. The summed E-state index contributed by atoms with van der Waals surface area (Å²) in [6, 6.07) is 5.27. The Balaban J connectivity index is 3.04. The van der Waals surface area contributed by atoms with Gasteiger partial charge in [-0.25, -0.2) is 0 Å². The average Bonchev–Trinajstić information content (AvgIpc) is 2.29. The second-order valence-corrected chi connectivity index (χ2v) is 3.33. The topological polar surface area (TPSA) is 35.5 Å². The summed E-state index contributed by atoms with van der Waals surface area (Å²) in [5.41, 5.74) is 0.523. The Morgan fingerprint density at radius 1 is 1.47 bits per heavy atom. The van der Waals surface area contributed by atoms with Gasteiger partial charge in [0.2, 0.25) is 0 Å². The summed E-state index contributed by atoms with van der Waals surface area (Å²) in [6.45, 7) is 3.99. The van der Waals surface area contributed by atoms with Crippen molar-refractivity contribution in [2.75, 3.05) is 7.11 Å². The molecule has 0 aliphatic rings. The van der Waals surface area contributed by atoms with E-state index < -0.39 is 0 Å². The van der Waals surface area contributed by atoms with Crippen molar-refractivity contribution >= 4 is 6.29 Å². The zero-order valence-corrected chi connectivity index (χ0v) is 9.32. The highest BCUT2D eigenvalue weighted by atomic mass is 16.5. The number of benzene rings is 1. The molecule has 1 atom stereocenters. The van der Waals surface area contributed by atoms with E-state index in [1.54, 1.807) is 25.3 Å². The Hall–Kier alpha value is -1.51. The lowest BCUT2D eigenvalue weighted by molar-refractivity contribution is 0.111. The van der Waals surface area contributed by atoms with E-state index in [-0.39, 0.29) is 6.10 Å². The molecule has 3 heteroatoms. The second-order valence-electron chi connectivity index (χ2n) is 3.33. The Bertz CT molecular complexity index is 334. The van der Waals surface area contributed by atoms with E-state index in [4.69, 9.17) is 9.47 Å². The Kier molecular flexibility index (Phi) is 4.16. The summed E-state index contributed by atoms with van der Waals surface area (Å²) in [6.07, 6.45) is 1.73. The molecule has 15 heavy (non-hydrogen) atoms. The van der Waals surface area contributed by atoms with Gasteiger partial charge in [0, 0.05) is 0 Å². The molecule has 0 bridgehead atoms. The fourth-order valence-corrected chi connectivity index (χ4v) is 1.20. The van der Waals surface area contributed by atoms with E-state index in [2.05, 4.69) is 0 Å². The molecule has 0 radical (unpaired) electrons. The van der Waals surface area contributed by atoms with Crippen molar-refractivity contribution in [3.8, 4) is 11.5 Å². The number of para-hydroxylation sites is 1. The molecule has 0 amide bonds. The van der Waals surface area contributed by atoms with Gasteiger partial charge in [0.15, 0.2) is 17.8 Å². The van der Waals surface area contributed by atoms with Gasteiger partial charge < -0.3 is 9.47 Å². The predicted octanol–water partition coefficient (Wildman–Crippen LogP) is 2.69. The van der Waals surface area contributed by atoms with E-state index in [9.17, 15) is 4.79 Å². The van der Waals surface area contributed by atoms with Crippen molar-refractivity contribution in [1.29, 1.82) is 0 Å². The normalized spacial score (nSPS) is 11.9. The van der Waals surface area contributed by atoms with Crippen molar-refractivity contribution in [3.05, 3.63) is 23.8 Å². The highest BCUT2D eigenvalue weighted by Gasteiger charge is 2.12. The first kappa shape index (κ1) is 11.6. The molecule has 1 unspecified atom stereocenters. The van der Waals surface area contributed by atoms with Crippen LogP contribution >= 0.6 is 0 Å². The molecule has 0 saturated heterocycles. The summed E-state index contributed by atoms with van der Waals surface area (Å²) in [5, 5.41) is 0. The summed E-state index contributed by atoms with van der Waals surface area (Å²) in [7, 11) is 1.56. The molecule has 0 heterocycles. The van der Waals surface area contributed by atoms with Gasteiger partial charge in [0.25, 0.3) is 0 Å². The number of carbonyl (C=O) groups excluding carboxylic acids is 1. The third-order valence-electron chi connectivity index (χ3n) is 2.25. The minimum atomic E-state index is 0.0694. The fraction of sp³-hybridized carbons (Fsp3) is 0.417. The van der Waals surface area contributed by atoms with E-state index >= 15 is 0 Å². The molecule has 0 N–H and O–H groups in total. The highest BCUT2D eigenvalue weighted by Crippen LogP contribution is 2.31. The largest absolute Gasteiger partial charge is 0.493 e. The molecule has 3 nitrogen and oxygen atoms in total. The Labute approximate surface area is 90.0 Å². The van der Waals surface area contributed by atoms with Gasteiger partial charge >= 0.3 is 0 Å². The molecule has 0 spiro atoms. The molecule has 0 saturated carbocycles. The van der Waals surface area contributed by atoms with Crippen LogP contribution in [0, 0.1) is 0 Å². The van der Waals surface area contributed by atoms with Crippen molar-refractivity contribution in [2.45, 2.75) is 26.4 Å². The van der Waals surface area contributed by atoms with E-state index in [1.165, 1.54) is 0 Å². The molecule has 1 aromatic rings. The average molecular weight is 208 g/mol. The van der Waals surface area contributed by atoms with Gasteiger partial charge in [-0.15, -0.1) is 0 Å². The molecule has 0 aromatic heterocycles. The smallest absolute Gasteiger partial charge is 0.172 e. The van der Waals surface area contributed by atoms with E-state index in [1.807, 2.05) is 13.8 Å². The van der Waals surface area contributed by atoms with Crippen LogP contribution in [0.3, 0.4) is 0 Å². The van der Waals surface area contributed by atoms with Gasteiger partial charge in [0.1, 0.15) is 0 Å². The summed E-state index contributed by atoms with van der Waals surface area (Å²) in [5.74, 6) is 1.13. The van der Waals surface area contributed by atoms with Crippen LogP contribution < -0.4 is 9.47 Å². The lowest BCUT2D eigenvalue weighted by Crippen LogP contribution is -2.11. The maximum atomic E-state index is 10.8. The third-order valence-corrected chi connectivity index (χ3v) is 2.25. The van der Waals surface area contributed by atoms with Crippen molar-refractivity contribution < 1.29 is 14.3 Å². The molecular formula is C12H16O3. The van der Waals surface area contributed by atoms with E-state index in [0.29, 0.717) is 17.1 Å². The van der Waals surface area contributed by atoms with Crippen LogP contribution in [0.25, 0.3) is 0 Å². The standard InChI is InChI=1S/C12H16O3/c1-4-9(2)15-12-10(8-13)6-5-7-11(12)14-3/h5-9H,4H2,1-3H3. The summed E-state index contributed by atoms with van der Waals surface area (Å²) >= 11 is 0. The predicted molar refractivity (Wildman–Crippen MR) is 58.8 cm³/mol. The first-order valence-electron chi connectivity index (χ1n) is 5.01. The van der Waals surface area contributed by atoms with Crippen LogP contribution in [-0.2, 0) is 0 Å². The number of methoxy groups -OCH3 is 1. The zero-order chi connectivity index (χ0) is 11.3. The molecule has 0 aliphatic carbocycles. The van der Waals surface area contributed by atoms with Crippen LogP contribution in [0.1, 0.15) is 30.6 Å². The van der Waals surface area contributed by atoms with Crippen molar-refractivity contribution in [3.63, 3.8) is 0 Å². The molecule has 82 valence electrons. The maximum absolute atomic E-state index is 10.8. The highest BCUT2D eigenvalue weighted by molar-refractivity contribution is 5.81. The number of rotatable bonds is 5. The monoisotopic (exact) mass is 208 g/mol. The van der Waals surface area contributed by atoms with Crippen LogP contribution in [-0.4, -0.2) is 19.5 Å². The van der Waals surface area contributed by atoms with Crippen LogP contribution in [0.5, 0.6) is 11.5 Å². The van der Waals surface area contributed by atoms with Gasteiger partial charge in [-0.2, -0.15) is 0 Å².